The number of nitrogens with one attached hydrogen (secondary N) is 1. The standard InChI is InChI=1S/C27H19F2N3O2/c1-2-20(21-10-5-17(15-30)13-23(21)28)26(18-7-3-16(4-8-18)6-12-25(33)34)19-9-11-24-22(14-19)27(29)32-31-24/h3-14H,2H2,1H3,(H,31,32)(H,33,34). The third-order valence-electron chi connectivity index (χ3n) is 5.50. The van der Waals surface area contributed by atoms with Crippen molar-refractivity contribution in [3.05, 3.63) is 106 Å². The third kappa shape index (κ3) is 4.48. The number of nitriles is 1. The highest BCUT2D eigenvalue weighted by molar-refractivity contribution is 6.00. The fourth-order valence-corrected chi connectivity index (χ4v) is 3.91. The minimum absolute atomic E-state index is 0.217. The monoisotopic (exact) mass is 455 g/mol. The van der Waals surface area contributed by atoms with Gasteiger partial charge in [-0.3, -0.25) is 5.10 Å². The third-order valence-corrected chi connectivity index (χ3v) is 5.50. The van der Waals surface area contributed by atoms with Gasteiger partial charge in [0.05, 0.1) is 22.5 Å². The van der Waals surface area contributed by atoms with Crippen molar-refractivity contribution in [2.75, 3.05) is 0 Å². The van der Waals surface area contributed by atoms with Gasteiger partial charge in [0.15, 0.2) is 0 Å². The number of benzene rings is 3. The first-order valence-electron chi connectivity index (χ1n) is 10.5. The van der Waals surface area contributed by atoms with Crippen LogP contribution in [0.25, 0.3) is 28.1 Å². The number of aromatic nitrogens is 2. The highest BCUT2D eigenvalue weighted by atomic mass is 19.1. The molecule has 0 radical (unpaired) electrons. The van der Waals surface area contributed by atoms with Crippen molar-refractivity contribution < 1.29 is 18.7 Å². The zero-order chi connectivity index (χ0) is 24.2. The summed E-state index contributed by atoms with van der Waals surface area (Å²) < 4.78 is 29.3. The van der Waals surface area contributed by atoms with Crippen molar-refractivity contribution >= 4 is 34.1 Å². The van der Waals surface area contributed by atoms with E-state index < -0.39 is 17.7 Å². The van der Waals surface area contributed by atoms with Crippen LogP contribution in [-0.2, 0) is 4.79 Å². The summed E-state index contributed by atoms with van der Waals surface area (Å²) in [6.45, 7) is 1.90. The smallest absolute Gasteiger partial charge is 0.328 e. The normalized spacial score (nSPS) is 12.1. The molecule has 2 N–H and O–H groups in total. The second kappa shape index (κ2) is 9.51. The van der Waals surface area contributed by atoms with Gasteiger partial charge in [0, 0.05) is 11.6 Å². The van der Waals surface area contributed by atoms with E-state index >= 15 is 4.39 Å². The number of H-pyrrole nitrogens is 1. The molecule has 0 aliphatic rings. The average molecular weight is 455 g/mol. The second-order valence-electron chi connectivity index (χ2n) is 7.58. The number of carbonyl (C=O) groups is 1. The maximum absolute atomic E-state index is 15.0. The van der Waals surface area contributed by atoms with Crippen LogP contribution < -0.4 is 0 Å². The molecule has 0 bridgehead atoms. The molecule has 0 saturated carbocycles. The molecule has 5 nitrogen and oxygen atoms in total. The molecule has 34 heavy (non-hydrogen) atoms. The molecular formula is C27H19F2N3O2. The van der Waals surface area contributed by atoms with Gasteiger partial charge in [-0.2, -0.15) is 9.65 Å². The molecule has 0 fully saturated rings. The largest absolute Gasteiger partial charge is 0.478 e. The summed E-state index contributed by atoms with van der Waals surface area (Å²) in [5.74, 6) is -2.21. The molecule has 1 heterocycles. The van der Waals surface area contributed by atoms with E-state index in [4.69, 9.17) is 10.4 Å². The molecular weight excluding hydrogens is 436 g/mol. The van der Waals surface area contributed by atoms with Gasteiger partial charge in [-0.05, 0) is 64.6 Å². The fourth-order valence-electron chi connectivity index (χ4n) is 3.91. The number of nitrogens with zero attached hydrogens (tertiary/aromatic N) is 2. The van der Waals surface area contributed by atoms with Gasteiger partial charge in [0.25, 0.3) is 0 Å². The molecule has 7 heteroatoms. The summed E-state index contributed by atoms with van der Waals surface area (Å²) in [6.07, 6.45) is 2.99. The van der Waals surface area contributed by atoms with Gasteiger partial charge in [-0.25, -0.2) is 9.18 Å². The number of hydrogen-bond acceptors (Lipinski definition) is 3. The van der Waals surface area contributed by atoms with Crippen LogP contribution in [0, 0.1) is 23.1 Å². The zero-order valence-corrected chi connectivity index (χ0v) is 18.1. The SMILES string of the molecule is CCC(=C(c1ccc(C=CC(=O)O)cc1)c1ccc2[nH]nc(F)c2c1)c1ccc(C#N)cc1F. The molecule has 0 atom stereocenters. The molecule has 0 amide bonds. The lowest BCUT2D eigenvalue weighted by molar-refractivity contribution is -0.131. The lowest BCUT2D eigenvalue weighted by atomic mass is 9.87. The van der Waals surface area contributed by atoms with E-state index in [0.29, 0.717) is 45.2 Å². The highest BCUT2D eigenvalue weighted by Gasteiger charge is 2.18. The number of allylic oxidation sites excluding steroid dienone is 1. The first-order chi connectivity index (χ1) is 16.4. The van der Waals surface area contributed by atoms with Crippen molar-refractivity contribution in [3.63, 3.8) is 0 Å². The topological polar surface area (TPSA) is 89.8 Å². The van der Waals surface area contributed by atoms with E-state index in [0.717, 1.165) is 11.6 Å². The van der Waals surface area contributed by atoms with Gasteiger partial charge in [0.1, 0.15) is 5.82 Å². The van der Waals surface area contributed by atoms with E-state index in [2.05, 4.69) is 10.2 Å². The van der Waals surface area contributed by atoms with Crippen LogP contribution >= 0.6 is 0 Å². The number of halogens is 2. The van der Waals surface area contributed by atoms with E-state index in [1.54, 1.807) is 36.4 Å². The lowest BCUT2D eigenvalue weighted by Crippen LogP contribution is -1.98. The molecule has 168 valence electrons. The summed E-state index contributed by atoms with van der Waals surface area (Å²) >= 11 is 0. The van der Waals surface area contributed by atoms with Crippen molar-refractivity contribution in [1.29, 1.82) is 5.26 Å². The molecule has 4 aromatic rings. The Hall–Kier alpha value is -4.57. The Kier molecular flexibility index (Phi) is 6.33. The van der Waals surface area contributed by atoms with E-state index in [9.17, 15) is 9.18 Å². The van der Waals surface area contributed by atoms with E-state index in [1.165, 1.54) is 12.1 Å². The number of fused-ring (bicyclic) bond motifs is 1. The van der Waals surface area contributed by atoms with Crippen molar-refractivity contribution in [2.45, 2.75) is 13.3 Å². The molecule has 0 spiro atoms. The molecule has 0 aliphatic heterocycles. The van der Waals surface area contributed by atoms with Crippen LogP contribution in [-0.4, -0.2) is 21.3 Å². The van der Waals surface area contributed by atoms with Crippen molar-refractivity contribution in [2.24, 2.45) is 0 Å². The van der Waals surface area contributed by atoms with Crippen LogP contribution in [0.15, 0.2) is 66.7 Å². The van der Waals surface area contributed by atoms with Crippen LogP contribution in [0.3, 0.4) is 0 Å². The molecule has 0 saturated heterocycles. The Balaban J connectivity index is 1.96. The quantitative estimate of drug-likeness (QED) is 0.268. The zero-order valence-electron chi connectivity index (χ0n) is 18.1. The van der Waals surface area contributed by atoms with Gasteiger partial charge in [-0.15, -0.1) is 5.10 Å². The number of aliphatic carboxylic acids is 1. The van der Waals surface area contributed by atoms with E-state index in [-0.39, 0.29) is 5.56 Å². The van der Waals surface area contributed by atoms with Gasteiger partial charge >= 0.3 is 5.97 Å². The van der Waals surface area contributed by atoms with Crippen LogP contribution in [0.1, 0.15) is 41.2 Å². The lowest BCUT2D eigenvalue weighted by Gasteiger charge is -2.17. The van der Waals surface area contributed by atoms with Gasteiger partial charge in [0.2, 0.25) is 5.95 Å². The van der Waals surface area contributed by atoms with Crippen LogP contribution in [0.2, 0.25) is 0 Å². The molecule has 0 unspecified atom stereocenters. The Morgan fingerprint density at radius 3 is 2.47 bits per heavy atom. The molecule has 4 rings (SSSR count). The second-order valence-corrected chi connectivity index (χ2v) is 7.58. The van der Waals surface area contributed by atoms with Crippen molar-refractivity contribution in [1.82, 2.24) is 10.2 Å². The number of hydrogen-bond donors (Lipinski definition) is 2. The van der Waals surface area contributed by atoms with Crippen LogP contribution in [0.5, 0.6) is 0 Å². The van der Waals surface area contributed by atoms with Crippen molar-refractivity contribution in [3.8, 4) is 6.07 Å². The fraction of sp³-hybridized carbons (Fsp3) is 0.0741. The molecule has 3 aromatic carbocycles. The number of rotatable bonds is 6. The Morgan fingerprint density at radius 1 is 1.09 bits per heavy atom. The molecule has 0 aliphatic carbocycles. The number of carboxylic acid groups (broad SMARTS) is 1. The molecule has 1 aromatic heterocycles. The number of aromatic amines is 1. The summed E-state index contributed by atoms with van der Waals surface area (Å²) in [7, 11) is 0. The Bertz CT molecular complexity index is 1490. The average Bonchev–Trinajstić information content (AvgIpc) is 3.22. The maximum atomic E-state index is 15.0. The van der Waals surface area contributed by atoms with E-state index in [1.807, 2.05) is 31.2 Å². The maximum Gasteiger partial charge on any atom is 0.328 e. The first-order valence-corrected chi connectivity index (χ1v) is 10.5. The Labute approximate surface area is 194 Å². The minimum Gasteiger partial charge on any atom is -0.478 e. The highest BCUT2D eigenvalue weighted by Crippen LogP contribution is 2.37. The van der Waals surface area contributed by atoms with Gasteiger partial charge in [-0.1, -0.05) is 43.3 Å². The van der Waals surface area contributed by atoms with Crippen LogP contribution in [0.4, 0.5) is 8.78 Å². The predicted molar refractivity (Wildman–Crippen MR) is 126 cm³/mol. The van der Waals surface area contributed by atoms with Gasteiger partial charge < -0.3 is 5.11 Å². The first kappa shape index (κ1) is 22.6. The summed E-state index contributed by atoms with van der Waals surface area (Å²) in [5.41, 5.74) is 4.58. The Morgan fingerprint density at radius 2 is 1.82 bits per heavy atom. The summed E-state index contributed by atoms with van der Waals surface area (Å²) in [6, 6.07) is 18.6. The minimum atomic E-state index is -1.05. The predicted octanol–water partition coefficient (Wildman–Crippen LogP) is 6.18. The summed E-state index contributed by atoms with van der Waals surface area (Å²) in [5, 5.41) is 24.5. The number of carboxylic acids is 1. The summed E-state index contributed by atoms with van der Waals surface area (Å²) in [4.78, 5) is 10.8.